The van der Waals surface area contributed by atoms with Gasteiger partial charge in [0.2, 0.25) is 0 Å². The third-order valence-electron chi connectivity index (χ3n) is 5.99. The van der Waals surface area contributed by atoms with E-state index in [-0.39, 0.29) is 11.9 Å². The zero-order valence-electron chi connectivity index (χ0n) is 16.8. The average molecular weight is 380 g/mol. The molecule has 0 saturated carbocycles. The molecule has 5 nitrogen and oxygen atoms in total. The van der Waals surface area contributed by atoms with Crippen LogP contribution in [-0.4, -0.2) is 57.2 Å². The minimum Gasteiger partial charge on any atom is -0.497 e. The van der Waals surface area contributed by atoms with Gasteiger partial charge in [-0.1, -0.05) is 12.1 Å². The first-order valence-electron chi connectivity index (χ1n) is 10.1. The summed E-state index contributed by atoms with van der Waals surface area (Å²) in [6.07, 6.45) is 2.91. The second-order valence-corrected chi connectivity index (χ2v) is 7.85. The maximum atomic E-state index is 12.7. The van der Waals surface area contributed by atoms with E-state index in [2.05, 4.69) is 40.4 Å². The summed E-state index contributed by atoms with van der Waals surface area (Å²) in [5.41, 5.74) is 4.89. The van der Waals surface area contributed by atoms with E-state index in [9.17, 15) is 4.79 Å². The summed E-state index contributed by atoms with van der Waals surface area (Å²) in [7, 11) is 3.81. The molecule has 1 aliphatic carbocycles. The summed E-state index contributed by atoms with van der Waals surface area (Å²) in [6.45, 7) is 4.33. The summed E-state index contributed by atoms with van der Waals surface area (Å²) in [6, 6.07) is 14.2. The van der Waals surface area contributed by atoms with Gasteiger partial charge in [0.15, 0.2) is 0 Å². The van der Waals surface area contributed by atoms with E-state index in [0.717, 1.165) is 51.2 Å². The van der Waals surface area contributed by atoms with Gasteiger partial charge in [-0.2, -0.15) is 0 Å². The number of aryl methyl sites for hydroxylation is 1. The first-order chi connectivity index (χ1) is 13.6. The lowest BCUT2D eigenvalue weighted by atomic mass is 9.86. The highest BCUT2D eigenvalue weighted by atomic mass is 16.5. The molecule has 1 atom stereocenters. The highest BCUT2D eigenvalue weighted by Gasteiger charge is 2.25. The third kappa shape index (κ3) is 3.99. The van der Waals surface area contributed by atoms with Crippen LogP contribution in [0.2, 0.25) is 0 Å². The number of likely N-dealkylation sites (N-methyl/N-ethyl adjacent to an activating group) is 1. The number of piperazine rings is 1. The molecule has 0 unspecified atom stereocenters. The summed E-state index contributed by atoms with van der Waals surface area (Å²) >= 11 is 0. The molecule has 5 heteroatoms. The molecule has 0 radical (unpaired) electrons. The molecule has 1 N–H and O–H groups in total. The van der Waals surface area contributed by atoms with Crippen LogP contribution in [0.4, 0.5) is 5.69 Å². The zero-order valence-corrected chi connectivity index (χ0v) is 16.8. The lowest BCUT2D eigenvalue weighted by molar-refractivity contribution is 0.0933. The summed E-state index contributed by atoms with van der Waals surface area (Å²) in [5.74, 6) is 0.758. The predicted octanol–water partition coefficient (Wildman–Crippen LogP) is 2.73. The Labute approximate surface area is 167 Å². The Balaban J connectivity index is 1.47. The third-order valence-corrected chi connectivity index (χ3v) is 5.99. The fourth-order valence-corrected chi connectivity index (χ4v) is 4.25. The maximum absolute atomic E-state index is 12.7. The average Bonchev–Trinajstić information content (AvgIpc) is 2.74. The van der Waals surface area contributed by atoms with E-state index in [1.54, 1.807) is 7.11 Å². The number of hydrogen-bond acceptors (Lipinski definition) is 4. The standard InChI is InChI=1S/C23H29N3O2/c1-25-12-14-26(15-13-25)22-5-3-4-17-6-9-19(16-21(17)22)24-23(27)18-7-10-20(28-2)11-8-18/h3-5,7-8,10-11,19H,6,9,12-16H2,1-2H3,(H,24,27)/t19-/m1/s1. The van der Waals surface area contributed by atoms with Crippen molar-refractivity contribution in [1.82, 2.24) is 10.2 Å². The quantitative estimate of drug-likeness (QED) is 0.887. The molecule has 0 bridgehead atoms. The van der Waals surface area contributed by atoms with Crippen LogP contribution >= 0.6 is 0 Å². The molecule has 1 saturated heterocycles. The van der Waals surface area contributed by atoms with E-state index in [0.29, 0.717) is 5.56 Å². The molecule has 148 valence electrons. The van der Waals surface area contributed by atoms with Gasteiger partial charge in [-0.3, -0.25) is 4.79 Å². The second-order valence-electron chi connectivity index (χ2n) is 7.85. The van der Waals surface area contributed by atoms with Gasteiger partial charge in [-0.15, -0.1) is 0 Å². The molecule has 1 heterocycles. The first kappa shape index (κ1) is 18.8. The summed E-state index contributed by atoms with van der Waals surface area (Å²) in [4.78, 5) is 17.6. The fourth-order valence-electron chi connectivity index (χ4n) is 4.25. The largest absolute Gasteiger partial charge is 0.497 e. The van der Waals surface area contributed by atoms with Gasteiger partial charge >= 0.3 is 0 Å². The van der Waals surface area contributed by atoms with Gasteiger partial charge < -0.3 is 19.9 Å². The highest BCUT2D eigenvalue weighted by Crippen LogP contribution is 2.31. The molecule has 2 aromatic carbocycles. The van der Waals surface area contributed by atoms with Crippen LogP contribution in [0.1, 0.15) is 27.9 Å². The first-order valence-corrected chi connectivity index (χ1v) is 10.1. The highest BCUT2D eigenvalue weighted by molar-refractivity contribution is 5.94. The van der Waals surface area contributed by atoms with Crippen LogP contribution in [0.3, 0.4) is 0 Å². The monoisotopic (exact) mass is 379 g/mol. The Morgan fingerprint density at radius 2 is 1.82 bits per heavy atom. The topological polar surface area (TPSA) is 44.8 Å². The number of amides is 1. The molecule has 1 aliphatic heterocycles. The SMILES string of the molecule is COc1ccc(C(=O)N[C@@H]2CCc3cccc(N4CCN(C)CC4)c3C2)cc1. The van der Waals surface area contributed by atoms with Gasteiger partial charge in [0.1, 0.15) is 5.75 Å². The zero-order chi connectivity index (χ0) is 19.5. The Morgan fingerprint density at radius 3 is 2.54 bits per heavy atom. The lowest BCUT2D eigenvalue weighted by Crippen LogP contribution is -2.45. The number of methoxy groups -OCH3 is 1. The minimum atomic E-state index is -0.00631. The number of carbonyl (C=O) groups excluding carboxylic acids is 1. The van der Waals surface area contributed by atoms with Gasteiger partial charge in [0.25, 0.3) is 5.91 Å². The molecule has 4 rings (SSSR count). The normalized spacial score (nSPS) is 19.8. The van der Waals surface area contributed by atoms with Crippen molar-refractivity contribution in [1.29, 1.82) is 0 Å². The van der Waals surface area contributed by atoms with E-state index >= 15 is 0 Å². The summed E-state index contributed by atoms with van der Waals surface area (Å²) < 4.78 is 5.18. The molecule has 1 amide bonds. The Hall–Kier alpha value is -2.53. The number of carbonyl (C=O) groups is 1. The van der Waals surface area contributed by atoms with E-state index in [1.807, 2.05) is 24.3 Å². The predicted molar refractivity (Wildman–Crippen MR) is 112 cm³/mol. The van der Waals surface area contributed by atoms with Crippen molar-refractivity contribution in [2.24, 2.45) is 0 Å². The second kappa shape index (κ2) is 8.23. The number of nitrogens with zero attached hydrogens (tertiary/aromatic N) is 2. The van der Waals surface area contributed by atoms with Crippen LogP contribution < -0.4 is 15.0 Å². The van der Waals surface area contributed by atoms with Gasteiger partial charge in [0.05, 0.1) is 7.11 Å². The van der Waals surface area contributed by atoms with Crippen molar-refractivity contribution < 1.29 is 9.53 Å². The van der Waals surface area contributed by atoms with Crippen LogP contribution in [0, 0.1) is 0 Å². The van der Waals surface area contributed by atoms with Crippen LogP contribution in [0.5, 0.6) is 5.75 Å². The smallest absolute Gasteiger partial charge is 0.251 e. The van der Waals surface area contributed by atoms with E-state index < -0.39 is 0 Å². The summed E-state index contributed by atoms with van der Waals surface area (Å²) in [5, 5.41) is 3.24. The van der Waals surface area contributed by atoms with Gasteiger partial charge in [-0.25, -0.2) is 0 Å². The fraction of sp³-hybridized carbons (Fsp3) is 0.435. The molecule has 28 heavy (non-hydrogen) atoms. The van der Waals surface area contributed by atoms with E-state index in [1.165, 1.54) is 16.8 Å². The number of ether oxygens (including phenoxy) is 1. The lowest BCUT2D eigenvalue weighted by Gasteiger charge is -2.37. The Bertz CT molecular complexity index is 826. The van der Waals surface area contributed by atoms with Crippen molar-refractivity contribution in [2.45, 2.75) is 25.3 Å². The number of hydrogen-bond donors (Lipinski definition) is 1. The molecule has 1 fully saturated rings. The molecule has 0 spiro atoms. The van der Waals surface area contributed by atoms with Gasteiger partial charge in [-0.05, 0) is 67.8 Å². The minimum absolute atomic E-state index is 0.00631. The van der Waals surface area contributed by atoms with Gasteiger partial charge in [0, 0.05) is 43.5 Å². The number of fused-ring (bicyclic) bond motifs is 1. The number of rotatable bonds is 4. The van der Waals surface area contributed by atoms with Crippen molar-refractivity contribution in [3.8, 4) is 5.75 Å². The molecule has 0 aromatic heterocycles. The molecule has 2 aromatic rings. The van der Waals surface area contributed by atoms with Crippen LogP contribution in [0.15, 0.2) is 42.5 Å². The van der Waals surface area contributed by atoms with Crippen molar-refractivity contribution in [3.05, 3.63) is 59.2 Å². The maximum Gasteiger partial charge on any atom is 0.251 e. The van der Waals surface area contributed by atoms with Crippen LogP contribution in [-0.2, 0) is 12.8 Å². The molecule has 2 aliphatic rings. The number of nitrogens with one attached hydrogen (secondary N) is 1. The van der Waals surface area contributed by atoms with Crippen molar-refractivity contribution in [2.75, 3.05) is 45.2 Å². The van der Waals surface area contributed by atoms with Crippen molar-refractivity contribution >= 4 is 11.6 Å². The van der Waals surface area contributed by atoms with E-state index in [4.69, 9.17) is 4.74 Å². The number of benzene rings is 2. The molecular weight excluding hydrogens is 350 g/mol. The molecular formula is C23H29N3O2. The number of anilines is 1. The Morgan fingerprint density at radius 1 is 1.07 bits per heavy atom. The van der Waals surface area contributed by atoms with Crippen molar-refractivity contribution in [3.63, 3.8) is 0 Å². The van der Waals surface area contributed by atoms with Crippen LogP contribution in [0.25, 0.3) is 0 Å². The Kier molecular flexibility index (Phi) is 5.53.